The van der Waals surface area contributed by atoms with Crippen LogP contribution in [0.2, 0.25) is 0 Å². The van der Waals surface area contributed by atoms with Gasteiger partial charge in [-0.3, -0.25) is 0 Å². The average molecular weight is 219 g/mol. The number of benzene rings is 1. The van der Waals surface area contributed by atoms with Crippen molar-refractivity contribution in [1.82, 2.24) is 0 Å². The summed E-state index contributed by atoms with van der Waals surface area (Å²) < 4.78 is 5.73. The van der Waals surface area contributed by atoms with Gasteiger partial charge in [0.25, 0.3) is 0 Å². The molecule has 0 aromatic heterocycles. The summed E-state index contributed by atoms with van der Waals surface area (Å²) in [6, 6.07) is 8.07. The van der Waals surface area contributed by atoms with Gasteiger partial charge in [-0.2, -0.15) is 0 Å². The van der Waals surface area contributed by atoms with E-state index in [1.807, 2.05) is 30.3 Å². The highest BCUT2D eigenvalue weighted by Gasteiger charge is 2.09. The van der Waals surface area contributed by atoms with E-state index in [1.54, 1.807) is 0 Å². The van der Waals surface area contributed by atoms with Gasteiger partial charge in [-0.25, -0.2) is 0 Å². The molecular weight excluding hydrogens is 198 g/mol. The maximum Gasteiger partial charge on any atom is 0.124 e. The van der Waals surface area contributed by atoms with Crippen LogP contribution in [-0.2, 0) is 0 Å². The Kier molecular flexibility index (Phi) is 5.65. The van der Waals surface area contributed by atoms with Gasteiger partial charge in [-0.15, -0.1) is 6.58 Å². The van der Waals surface area contributed by atoms with Crippen LogP contribution in [0.25, 0.3) is 0 Å². The summed E-state index contributed by atoms with van der Waals surface area (Å²) in [6.45, 7) is 6.49. The fourth-order valence-corrected chi connectivity index (χ4v) is 1.55. The van der Waals surface area contributed by atoms with Crippen molar-refractivity contribution < 1.29 is 4.74 Å². The summed E-state index contributed by atoms with van der Waals surface area (Å²) in [5, 5.41) is 0. The topological polar surface area (TPSA) is 35.2 Å². The van der Waals surface area contributed by atoms with Crippen LogP contribution in [0.1, 0.15) is 37.8 Å². The van der Waals surface area contributed by atoms with E-state index in [2.05, 4.69) is 13.5 Å². The minimum absolute atomic E-state index is 0.0654. The second-order valence-electron chi connectivity index (χ2n) is 3.83. The summed E-state index contributed by atoms with van der Waals surface area (Å²) in [7, 11) is 0. The lowest BCUT2D eigenvalue weighted by Crippen LogP contribution is -2.11. The van der Waals surface area contributed by atoms with E-state index in [1.165, 1.54) is 0 Å². The number of rotatable bonds is 7. The Balaban J connectivity index is 2.60. The van der Waals surface area contributed by atoms with Crippen molar-refractivity contribution >= 4 is 0 Å². The second-order valence-corrected chi connectivity index (χ2v) is 3.83. The molecule has 0 fully saturated rings. The molecule has 2 N–H and O–H groups in total. The molecule has 16 heavy (non-hydrogen) atoms. The molecular formula is C14H21NO. The number of ether oxygens (including phenoxy) is 1. The fraction of sp³-hybridized carbons (Fsp3) is 0.429. The molecule has 0 spiro atoms. The van der Waals surface area contributed by atoms with Gasteiger partial charge >= 0.3 is 0 Å². The zero-order chi connectivity index (χ0) is 11.8. The molecule has 0 aliphatic rings. The first kappa shape index (κ1) is 12.8. The zero-order valence-corrected chi connectivity index (χ0v) is 9.99. The molecule has 0 radical (unpaired) electrons. The van der Waals surface area contributed by atoms with E-state index in [4.69, 9.17) is 10.5 Å². The smallest absolute Gasteiger partial charge is 0.124 e. The Bertz CT molecular complexity index is 322. The molecule has 0 saturated heterocycles. The number of nitrogens with two attached hydrogens (primary N) is 1. The van der Waals surface area contributed by atoms with Crippen LogP contribution < -0.4 is 10.5 Å². The van der Waals surface area contributed by atoms with Gasteiger partial charge in [0.1, 0.15) is 5.75 Å². The quantitative estimate of drug-likeness (QED) is 0.563. The maximum atomic E-state index is 6.03. The van der Waals surface area contributed by atoms with Crippen LogP contribution >= 0.6 is 0 Å². The molecule has 0 aliphatic carbocycles. The Morgan fingerprint density at radius 3 is 2.88 bits per heavy atom. The van der Waals surface area contributed by atoms with E-state index < -0.39 is 0 Å². The normalized spacial score (nSPS) is 12.1. The molecule has 0 saturated carbocycles. The van der Waals surface area contributed by atoms with E-state index in [0.29, 0.717) is 0 Å². The summed E-state index contributed by atoms with van der Waals surface area (Å²) in [6.07, 6.45) is 4.82. The summed E-state index contributed by atoms with van der Waals surface area (Å²) >= 11 is 0. The van der Waals surface area contributed by atoms with Crippen molar-refractivity contribution in [3.05, 3.63) is 42.5 Å². The first-order valence-corrected chi connectivity index (χ1v) is 5.87. The lowest BCUT2D eigenvalue weighted by molar-refractivity contribution is 0.307. The Labute approximate surface area is 98.1 Å². The third kappa shape index (κ3) is 3.70. The molecule has 0 bridgehead atoms. The van der Waals surface area contributed by atoms with E-state index >= 15 is 0 Å². The molecule has 2 heteroatoms. The fourth-order valence-electron chi connectivity index (χ4n) is 1.55. The lowest BCUT2D eigenvalue weighted by atomic mass is 10.0. The van der Waals surface area contributed by atoms with Crippen molar-refractivity contribution in [3.8, 4) is 5.75 Å². The van der Waals surface area contributed by atoms with Crippen molar-refractivity contribution in [2.45, 2.75) is 32.2 Å². The highest BCUT2D eigenvalue weighted by Crippen LogP contribution is 2.25. The highest BCUT2D eigenvalue weighted by molar-refractivity contribution is 5.35. The minimum Gasteiger partial charge on any atom is -0.493 e. The first-order valence-electron chi connectivity index (χ1n) is 5.87. The molecule has 0 aliphatic heterocycles. The Morgan fingerprint density at radius 2 is 2.19 bits per heavy atom. The number of para-hydroxylation sites is 1. The Morgan fingerprint density at radius 1 is 1.44 bits per heavy atom. The zero-order valence-electron chi connectivity index (χ0n) is 9.99. The van der Waals surface area contributed by atoms with Gasteiger partial charge in [0.05, 0.1) is 6.61 Å². The van der Waals surface area contributed by atoms with Crippen LogP contribution in [0, 0.1) is 0 Å². The average Bonchev–Trinajstić information content (AvgIpc) is 2.34. The van der Waals surface area contributed by atoms with Crippen molar-refractivity contribution in [1.29, 1.82) is 0 Å². The van der Waals surface area contributed by atoms with E-state index in [9.17, 15) is 0 Å². The van der Waals surface area contributed by atoms with Gasteiger partial charge in [-0.05, 0) is 25.3 Å². The number of allylic oxidation sites excluding steroid dienone is 1. The van der Waals surface area contributed by atoms with Gasteiger partial charge in [0, 0.05) is 11.6 Å². The Hall–Kier alpha value is -1.28. The van der Waals surface area contributed by atoms with Crippen molar-refractivity contribution in [2.24, 2.45) is 5.73 Å². The van der Waals surface area contributed by atoms with Crippen LogP contribution in [0.3, 0.4) is 0 Å². The molecule has 0 amide bonds. The van der Waals surface area contributed by atoms with Gasteiger partial charge in [0.2, 0.25) is 0 Å². The summed E-state index contributed by atoms with van der Waals surface area (Å²) in [5.41, 5.74) is 7.13. The summed E-state index contributed by atoms with van der Waals surface area (Å²) in [5.74, 6) is 0.918. The molecule has 0 unspecified atom stereocenters. The van der Waals surface area contributed by atoms with Crippen molar-refractivity contribution in [2.75, 3.05) is 6.61 Å². The molecule has 1 atom stereocenters. The van der Waals surface area contributed by atoms with Gasteiger partial charge in [-0.1, -0.05) is 31.2 Å². The molecule has 1 aromatic rings. The molecule has 0 heterocycles. The monoisotopic (exact) mass is 219 g/mol. The highest BCUT2D eigenvalue weighted by atomic mass is 16.5. The molecule has 1 aromatic carbocycles. The molecule has 88 valence electrons. The second kappa shape index (κ2) is 7.07. The van der Waals surface area contributed by atoms with Crippen LogP contribution in [0.5, 0.6) is 5.75 Å². The minimum atomic E-state index is 0.0654. The first-order chi connectivity index (χ1) is 7.79. The van der Waals surface area contributed by atoms with Gasteiger partial charge < -0.3 is 10.5 Å². The van der Waals surface area contributed by atoms with E-state index in [0.717, 1.165) is 37.2 Å². The van der Waals surface area contributed by atoms with Crippen molar-refractivity contribution in [3.63, 3.8) is 0 Å². The number of hydrogen-bond donors (Lipinski definition) is 1. The predicted molar refractivity (Wildman–Crippen MR) is 68.6 cm³/mol. The lowest BCUT2D eigenvalue weighted by Gasteiger charge is -2.15. The largest absolute Gasteiger partial charge is 0.493 e. The van der Waals surface area contributed by atoms with Crippen LogP contribution in [0.15, 0.2) is 36.9 Å². The van der Waals surface area contributed by atoms with Crippen LogP contribution in [-0.4, -0.2) is 6.61 Å². The van der Waals surface area contributed by atoms with Gasteiger partial charge in [0.15, 0.2) is 0 Å². The summed E-state index contributed by atoms with van der Waals surface area (Å²) in [4.78, 5) is 0. The van der Waals surface area contributed by atoms with Crippen LogP contribution in [0.4, 0.5) is 0 Å². The molecule has 1 rings (SSSR count). The maximum absolute atomic E-state index is 6.03. The number of unbranched alkanes of at least 4 members (excludes halogenated alkanes) is 1. The third-order valence-corrected chi connectivity index (χ3v) is 2.57. The molecule has 2 nitrogen and oxygen atoms in total. The standard InChI is InChI=1S/C14H21NO/c1-3-5-8-11-16-14-10-7-6-9-12(14)13(15)4-2/h3,6-7,9-10,13H,1,4-5,8,11,15H2,2H3/t13-/m1/s1. The predicted octanol–water partition coefficient (Wildman–Crippen LogP) is 3.44. The van der Waals surface area contributed by atoms with E-state index in [-0.39, 0.29) is 6.04 Å². The number of hydrogen-bond acceptors (Lipinski definition) is 2. The third-order valence-electron chi connectivity index (χ3n) is 2.57. The SMILES string of the molecule is C=CCCCOc1ccccc1[C@H](N)CC.